The van der Waals surface area contributed by atoms with Crippen molar-refractivity contribution in [2.75, 3.05) is 13.1 Å². The van der Waals surface area contributed by atoms with E-state index in [1.807, 2.05) is 0 Å². The highest BCUT2D eigenvalue weighted by atomic mass is 15.1. The third-order valence-electron chi connectivity index (χ3n) is 2.65. The molecule has 1 fully saturated rings. The van der Waals surface area contributed by atoms with E-state index < -0.39 is 0 Å². The van der Waals surface area contributed by atoms with E-state index in [1.165, 1.54) is 30.0 Å². The van der Waals surface area contributed by atoms with E-state index in [1.54, 1.807) is 0 Å². The Hall–Kier alpha value is -0.820. The van der Waals surface area contributed by atoms with Gasteiger partial charge < -0.3 is 4.90 Å². The predicted molar refractivity (Wildman–Crippen MR) is 49.9 cm³/mol. The molecule has 0 radical (unpaired) electrons. The molecule has 1 heterocycles. The molecule has 1 aliphatic rings. The summed E-state index contributed by atoms with van der Waals surface area (Å²) >= 11 is 0. The molecule has 1 aromatic rings. The lowest BCUT2D eigenvalue weighted by atomic mass is 9.99. The molecule has 64 valence electrons. The largest absolute Gasteiger partial charge is 0.467 e. The number of rotatable bonds is 1. The van der Waals surface area contributed by atoms with Crippen LogP contribution in [0.25, 0.3) is 0 Å². The van der Waals surface area contributed by atoms with Gasteiger partial charge in [-0.05, 0) is 5.56 Å². The molecular weight excluding hydrogens is 146 g/mol. The lowest BCUT2D eigenvalue weighted by Gasteiger charge is -2.12. The Balaban J connectivity index is 2.11. The zero-order valence-corrected chi connectivity index (χ0v) is 7.29. The van der Waals surface area contributed by atoms with Crippen LogP contribution in [0.2, 0.25) is 0 Å². The van der Waals surface area contributed by atoms with Crippen molar-refractivity contribution in [1.82, 2.24) is 0 Å². The van der Waals surface area contributed by atoms with Gasteiger partial charge in [0, 0.05) is 12.3 Å². The monoisotopic (exact) mass is 161 g/mol. The first-order valence-corrected chi connectivity index (χ1v) is 4.58. The van der Waals surface area contributed by atoms with Gasteiger partial charge in [0.1, 0.15) is 0 Å². The third-order valence-corrected chi connectivity index (χ3v) is 2.65. The molecule has 2 unspecified atom stereocenters. The van der Waals surface area contributed by atoms with Crippen molar-refractivity contribution in [3.63, 3.8) is 0 Å². The lowest BCUT2D eigenvalue weighted by molar-refractivity contribution is -0.840. The molecule has 0 aliphatic carbocycles. The first-order valence-electron chi connectivity index (χ1n) is 4.58. The Bertz CT molecular complexity index is 242. The maximum absolute atomic E-state index is 4.03. The molecule has 2 atom stereocenters. The lowest BCUT2D eigenvalue weighted by Crippen LogP contribution is -3.04. The van der Waals surface area contributed by atoms with E-state index in [0.29, 0.717) is 0 Å². The van der Waals surface area contributed by atoms with Gasteiger partial charge in [-0.15, -0.1) is 0 Å². The van der Waals surface area contributed by atoms with Crippen LogP contribution in [-0.4, -0.2) is 13.1 Å². The second kappa shape index (κ2) is 3.28. The van der Waals surface area contributed by atoms with Crippen LogP contribution in [0.15, 0.2) is 30.3 Å². The van der Waals surface area contributed by atoms with Gasteiger partial charge in [0.25, 0.3) is 0 Å². The van der Waals surface area contributed by atoms with Crippen LogP contribution in [-0.2, 0) is 0 Å². The summed E-state index contributed by atoms with van der Waals surface area (Å²) in [4.78, 5) is 1.42. The molecule has 1 aliphatic heterocycles. The van der Waals surface area contributed by atoms with E-state index in [0.717, 1.165) is 5.92 Å². The summed E-state index contributed by atoms with van der Waals surface area (Å²) in [6.07, 6.45) is 1.29. The first-order chi connectivity index (χ1) is 5.86. The highest BCUT2D eigenvalue weighted by Gasteiger charge is 2.21. The molecular formula is C11H15N. The standard InChI is InChI=1S/C11H15N/c1-12-8-7-11(9-12)10-5-3-2-4-6-10/h2-6,11-12H,1,7-9H2. The molecule has 1 heteroatoms. The van der Waals surface area contributed by atoms with Crippen LogP contribution in [0.5, 0.6) is 0 Å². The molecule has 0 bridgehead atoms. The third kappa shape index (κ3) is 1.51. The number of benzene rings is 1. The van der Waals surface area contributed by atoms with Gasteiger partial charge >= 0.3 is 0 Å². The van der Waals surface area contributed by atoms with Crippen molar-refractivity contribution in [1.29, 1.82) is 0 Å². The zero-order chi connectivity index (χ0) is 8.39. The molecule has 1 nitrogen and oxygen atoms in total. The number of likely N-dealkylation sites (tertiary alicyclic amines) is 1. The average molecular weight is 161 g/mol. The van der Waals surface area contributed by atoms with Crippen LogP contribution in [0.1, 0.15) is 17.9 Å². The summed E-state index contributed by atoms with van der Waals surface area (Å²) in [6.45, 7) is 2.42. The van der Waals surface area contributed by atoms with E-state index in [4.69, 9.17) is 0 Å². The van der Waals surface area contributed by atoms with Gasteiger partial charge in [-0.3, -0.25) is 0 Å². The highest BCUT2D eigenvalue weighted by molar-refractivity contribution is 5.19. The molecule has 0 saturated carbocycles. The molecule has 0 amide bonds. The summed E-state index contributed by atoms with van der Waals surface area (Å²) in [5, 5.41) is 0. The van der Waals surface area contributed by atoms with E-state index >= 15 is 0 Å². The Morgan fingerprint density at radius 2 is 2.00 bits per heavy atom. The first kappa shape index (κ1) is 7.81. The second-order valence-corrected chi connectivity index (χ2v) is 3.60. The van der Waals surface area contributed by atoms with Crippen molar-refractivity contribution in [2.24, 2.45) is 0 Å². The van der Waals surface area contributed by atoms with Gasteiger partial charge in [-0.25, -0.2) is 0 Å². The highest BCUT2D eigenvalue weighted by Crippen LogP contribution is 2.19. The summed E-state index contributed by atoms with van der Waals surface area (Å²) in [6, 6.07) is 10.8. The van der Waals surface area contributed by atoms with Crippen molar-refractivity contribution < 1.29 is 4.90 Å². The molecule has 1 N–H and O–H groups in total. The molecule has 1 aromatic carbocycles. The van der Waals surface area contributed by atoms with Crippen molar-refractivity contribution in [2.45, 2.75) is 12.3 Å². The maximum atomic E-state index is 4.03. The Kier molecular flexibility index (Phi) is 2.13. The van der Waals surface area contributed by atoms with Crippen molar-refractivity contribution >= 4 is 0 Å². The smallest absolute Gasteiger partial charge is 0.0602 e. The molecule has 2 rings (SSSR count). The summed E-state index contributed by atoms with van der Waals surface area (Å²) in [7, 11) is 4.03. The van der Waals surface area contributed by atoms with E-state index in [9.17, 15) is 0 Å². The number of quaternary nitrogens is 1. The zero-order valence-electron chi connectivity index (χ0n) is 7.29. The SMILES string of the molecule is [CH2-][NH+]1CCC(c2ccccc2)C1. The molecule has 1 saturated heterocycles. The van der Waals surface area contributed by atoms with Crippen molar-refractivity contribution in [3.05, 3.63) is 42.9 Å². The van der Waals surface area contributed by atoms with Gasteiger partial charge in [-0.1, -0.05) is 30.3 Å². The van der Waals surface area contributed by atoms with E-state index in [-0.39, 0.29) is 0 Å². The fourth-order valence-corrected chi connectivity index (χ4v) is 1.94. The Morgan fingerprint density at radius 3 is 2.58 bits per heavy atom. The van der Waals surface area contributed by atoms with Gasteiger partial charge in [0.2, 0.25) is 0 Å². The maximum Gasteiger partial charge on any atom is 0.0602 e. The van der Waals surface area contributed by atoms with Crippen LogP contribution in [0, 0.1) is 7.05 Å². The van der Waals surface area contributed by atoms with Gasteiger partial charge in [0.05, 0.1) is 13.1 Å². The minimum atomic E-state index is 0.749. The van der Waals surface area contributed by atoms with Gasteiger partial charge in [-0.2, -0.15) is 7.05 Å². The summed E-state index contributed by atoms with van der Waals surface area (Å²) in [5.74, 6) is 0.749. The second-order valence-electron chi connectivity index (χ2n) is 3.60. The minimum Gasteiger partial charge on any atom is -0.467 e. The number of nitrogens with one attached hydrogen (secondary N) is 1. The molecule has 0 spiro atoms. The van der Waals surface area contributed by atoms with Crippen LogP contribution < -0.4 is 4.90 Å². The predicted octanol–water partition coefficient (Wildman–Crippen LogP) is 0.850. The summed E-state index contributed by atoms with van der Waals surface area (Å²) in [5.41, 5.74) is 1.48. The minimum absolute atomic E-state index is 0.749. The fourth-order valence-electron chi connectivity index (χ4n) is 1.94. The Morgan fingerprint density at radius 1 is 1.25 bits per heavy atom. The fraction of sp³-hybridized carbons (Fsp3) is 0.364. The van der Waals surface area contributed by atoms with Crippen molar-refractivity contribution in [3.8, 4) is 0 Å². The average Bonchev–Trinajstić information content (AvgIpc) is 2.54. The topological polar surface area (TPSA) is 4.44 Å². The number of hydrogen-bond acceptors (Lipinski definition) is 0. The molecule has 0 aromatic heterocycles. The quantitative estimate of drug-likeness (QED) is 0.582. The summed E-state index contributed by atoms with van der Waals surface area (Å²) < 4.78 is 0. The normalized spacial score (nSPS) is 29.1. The van der Waals surface area contributed by atoms with Gasteiger partial charge in [0.15, 0.2) is 0 Å². The van der Waals surface area contributed by atoms with Crippen LogP contribution >= 0.6 is 0 Å². The van der Waals surface area contributed by atoms with Crippen LogP contribution in [0.3, 0.4) is 0 Å². The van der Waals surface area contributed by atoms with E-state index in [2.05, 4.69) is 37.4 Å². The van der Waals surface area contributed by atoms with Crippen LogP contribution in [0.4, 0.5) is 0 Å². The number of hydrogen-bond donors (Lipinski definition) is 1. The Labute approximate surface area is 74.0 Å². The molecule has 12 heavy (non-hydrogen) atoms.